The van der Waals surface area contributed by atoms with Crippen LogP contribution in [0.15, 0.2) is 28.7 Å². The van der Waals surface area contributed by atoms with Crippen LogP contribution < -0.4 is 5.32 Å². The maximum atomic E-state index is 3.76. The Bertz CT molecular complexity index is 392. The van der Waals surface area contributed by atoms with Gasteiger partial charge in [-0.25, -0.2) is 0 Å². The summed E-state index contributed by atoms with van der Waals surface area (Å²) in [5.41, 5.74) is 1.50. The molecule has 18 heavy (non-hydrogen) atoms. The second kappa shape index (κ2) is 5.75. The Morgan fingerprint density at radius 1 is 1.11 bits per heavy atom. The molecule has 1 aromatic rings. The van der Waals surface area contributed by atoms with E-state index in [0.29, 0.717) is 0 Å². The number of hydrogen-bond acceptors (Lipinski definition) is 1. The lowest BCUT2D eigenvalue weighted by Gasteiger charge is -2.37. The Kier molecular flexibility index (Phi) is 4.05. The molecule has 0 radical (unpaired) electrons. The first-order chi connectivity index (χ1) is 8.83. The highest BCUT2D eigenvalue weighted by Gasteiger charge is 2.31. The number of halogens is 1. The third-order valence-corrected chi connectivity index (χ3v) is 5.38. The Hall–Kier alpha value is -0.340. The van der Waals surface area contributed by atoms with E-state index in [9.17, 15) is 0 Å². The third-order valence-electron chi connectivity index (χ3n) is 4.65. The smallest absolute Gasteiger partial charge is 0.0210 e. The predicted molar refractivity (Wildman–Crippen MR) is 79.9 cm³/mol. The van der Waals surface area contributed by atoms with E-state index in [1.165, 1.54) is 55.1 Å². The van der Waals surface area contributed by atoms with Crippen molar-refractivity contribution in [1.29, 1.82) is 0 Å². The van der Waals surface area contributed by atoms with Gasteiger partial charge in [0.15, 0.2) is 0 Å². The molecule has 2 aliphatic rings. The molecule has 0 spiro atoms. The van der Waals surface area contributed by atoms with Crippen LogP contribution in [-0.4, -0.2) is 12.6 Å². The molecule has 0 bridgehead atoms. The first-order valence-corrected chi connectivity index (χ1v) is 8.10. The minimum absolute atomic E-state index is 0.765. The van der Waals surface area contributed by atoms with Crippen LogP contribution in [0.1, 0.15) is 50.0 Å². The normalized spacial score (nSPS) is 28.3. The fourth-order valence-corrected chi connectivity index (χ4v) is 4.00. The van der Waals surface area contributed by atoms with Gasteiger partial charge in [-0.3, -0.25) is 0 Å². The molecule has 0 heterocycles. The van der Waals surface area contributed by atoms with E-state index in [2.05, 4.69) is 45.5 Å². The van der Waals surface area contributed by atoms with E-state index in [1.54, 1.807) is 0 Å². The van der Waals surface area contributed by atoms with Crippen molar-refractivity contribution < 1.29 is 0 Å². The molecule has 0 aromatic heterocycles. The molecule has 1 nitrogen and oxygen atoms in total. The summed E-state index contributed by atoms with van der Waals surface area (Å²) in [6.07, 6.45) is 8.44. The van der Waals surface area contributed by atoms with Gasteiger partial charge >= 0.3 is 0 Å². The molecule has 1 aromatic carbocycles. The molecule has 98 valence electrons. The van der Waals surface area contributed by atoms with Crippen LogP contribution in [0.3, 0.4) is 0 Å². The molecule has 2 aliphatic carbocycles. The topological polar surface area (TPSA) is 12.0 Å². The standard InChI is InChI=1S/C16H22BrN/c17-16-8-4-3-7-15(16)13-9-14(10-13)18-11-12-5-1-2-6-12/h3-4,7-8,12-14,18H,1-2,5-6,9-11H2. The summed E-state index contributed by atoms with van der Waals surface area (Å²) in [6.45, 7) is 1.26. The fourth-order valence-electron chi connectivity index (χ4n) is 3.39. The molecule has 2 fully saturated rings. The van der Waals surface area contributed by atoms with Gasteiger partial charge in [0, 0.05) is 10.5 Å². The van der Waals surface area contributed by atoms with Gasteiger partial charge in [0.05, 0.1) is 0 Å². The molecule has 0 atom stereocenters. The second-order valence-corrected chi connectivity index (χ2v) is 6.80. The average Bonchev–Trinajstić information content (AvgIpc) is 2.82. The summed E-state index contributed by atoms with van der Waals surface area (Å²) in [4.78, 5) is 0. The zero-order valence-corrected chi connectivity index (χ0v) is 12.5. The summed E-state index contributed by atoms with van der Waals surface area (Å²) in [7, 11) is 0. The van der Waals surface area contributed by atoms with Crippen molar-refractivity contribution in [2.45, 2.75) is 50.5 Å². The lowest BCUT2D eigenvalue weighted by molar-refractivity contribution is 0.275. The molecule has 0 unspecified atom stereocenters. The molecular formula is C16H22BrN. The minimum atomic E-state index is 0.765. The second-order valence-electron chi connectivity index (χ2n) is 5.95. The first-order valence-electron chi connectivity index (χ1n) is 7.30. The fraction of sp³-hybridized carbons (Fsp3) is 0.625. The lowest BCUT2D eigenvalue weighted by Crippen LogP contribution is -2.42. The molecule has 1 N–H and O–H groups in total. The van der Waals surface area contributed by atoms with Crippen LogP contribution >= 0.6 is 15.9 Å². The third kappa shape index (κ3) is 2.80. The zero-order chi connectivity index (χ0) is 12.4. The highest BCUT2D eigenvalue weighted by atomic mass is 79.9. The molecule has 0 saturated heterocycles. The minimum Gasteiger partial charge on any atom is -0.314 e. The van der Waals surface area contributed by atoms with Gasteiger partial charge in [-0.2, -0.15) is 0 Å². The van der Waals surface area contributed by atoms with Crippen LogP contribution in [0.5, 0.6) is 0 Å². The van der Waals surface area contributed by atoms with Crippen LogP contribution in [0, 0.1) is 5.92 Å². The SMILES string of the molecule is Brc1ccccc1C1CC(NCC2CCCC2)C1. The lowest BCUT2D eigenvalue weighted by atomic mass is 9.76. The molecule has 0 aliphatic heterocycles. The molecular weight excluding hydrogens is 286 g/mol. The number of benzene rings is 1. The first kappa shape index (κ1) is 12.7. The molecule has 0 amide bonds. The average molecular weight is 308 g/mol. The van der Waals surface area contributed by atoms with Crippen molar-refractivity contribution in [2.75, 3.05) is 6.54 Å². The van der Waals surface area contributed by atoms with E-state index in [1.807, 2.05) is 0 Å². The quantitative estimate of drug-likeness (QED) is 0.865. The van der Waals surface area contributed by atoms with Gasteiger partial charge in [-0.15, -0.1) is 0 Å². The highest BCUT2D eigenvalue weighted by Crippen LogP contribution is 2.40. The van der Waals surface area contributed by atoms with Gasteiger partial charge in [-0.1, -0.05) is 47.0 Å². The van der Waals surface area contributed by atoms with Gasteiger partial charge in [0.25, 0.3) is 0 Å². The summed E-state index contributed by atoms with van der Waals surface area (Å²) >= 11 is 3.66. The molecule has 2 saturated carbocycles. The summed E-state index contributed by atoms with van der Waals surface area (Å²) in [5.74, 6) is 1.73. The predicted octanol–water partition coefficient (Wildman–Crippen LogP) is 4.47. The summed E-state index contributed by atoms with van der Waals surface area (Å²) < 4.78 is 1.28. The Morgan fingerprint density at radius 2 is 1.83 bits per heavy atom. The number of rotatable bonds is 4. The molecule has 3 rings (SSSR count). The van der Waals surface area contributed by atoms with Gasteiger partial charge < -0.3 is 5.32 Å². The zero-order valence-electron chi connectivity index (χ0n) is 10.9. The monoisotopic (exact) mass is 307 g/mol. The molecule has 2 heteroatoms. The van der Waals surface area contributed by atoms with Crippen molar-refractivity contribution in [3.63, 3.8) is 0 Å². The van der Waals surface area contributed by atoms with Crippen LogP contribution in [0.4, 0.5) is 0 Å². The van der Waals surface area contributed by atoms with Crippen LogP contribution in [0.25, 0.3) is 0 Å². The van der Waals surface area contributed by atoms with Crippen LogP contribution in [0.2, 0.25) is 0 Å². The van der Waals surface area contributed by atoms with Gasteiger partial charge in [0.2, 0.25) is 0 Å². The maximum Gasteiger partial charge on any atom is 0.0210 e. The Balaban J connectivity index is 1.44. The Morgan fingerprint density at radius 3 is 2.56 bits per heavy atom. The van der Waals surface area contributed by atoms with E-state index >= 15 is 0 Å². The van der Waals surface area contributed by atoms with E-state index in [0.717, 1.165) is 17.9 Å². The van der Waals surface area contributed by atoms with Crippen molar-refractivity contribution >= 4 is 15.9 Å². The maximum absolute atomic E-state index is 3.76. The van der Waals surface area contributed by atoms with Crippen LogP contribution in [-0.2, 0) is 0 Å². The van der Waals surface area contributed by atoms with Crippen molar-refractivity contribution in [1.82, 2.24) is 5.32 Å². The van der Waals surface area contributed by atoms with E-state index < -0.39 is 0 Å². The van der Waals surface area contributed by atoms with Crippen molar-refractivity contribution in [2.24, 2.45) is 5.92 Å². The number of nitrogens with one attached hydrogen (secondary N) is 1. The van der Waals surface area contributed by atoms with Crippen molar-refractivity contribution in [3.8, 4) is 0 Å². The van der Waals surface area contributed by atoms with Crippen molar-refractivity contribution in [3.05, 3.63) is 34.3 Å². The number of hydrogen-bond donors (Lipinski definition) is 1. The summed E-state index contributed by atoms with van der Waals surface area (Å²) in [6, 6.07) is 9.44. The largest absolute Gasteiger partial charge is 0.314 e. The van der Waals surface area contributed by atoms with E-state index in [-0.39, 0.29) is 0 Å². The van der Waals surface area contributed by atoms with Gasteiger partial charge in [0.1, 0.15) is 0 Å². The van der Waals surface area contributed by atoms with E-state index in [4.69, 9.17) is 0 Å². The summed E-state index contributed by atoms with van der Waals surface area (Å²) in [5, 5.41) is 3.76. The van der Waals surface area contributed by atoms with Gasteiger partial charge in [-0.05, 0) is 55.7 Å². The Labute approximate surface area is 118 Å². The highest BCUT2D eigenvalue weighted by molar-refractivity contribution is 9.10.